The maximum atomic E-state index is 12.7. The monoisotopic (exact) mass is 473 g/mol. The topological polar surface area (TPSA) is 76.7 Å². The minimum Gasteiger partial charge on any atom is -0.454 e. The zero-order chi connectivity index (χ0) is 24.4. The van der Waals surface area contributed by atoms with E-state index in [0.29, 0.717) is 25.0 Å². The molecule has 5 rings (SSSR count). The molecular formula is C28H31N3O4. The van der Waals surface area contributed by atoms with E-state index in [1.807, 2.05) is 63.6 Å². The molecule has 35 heavy (non-hydrogen) atoms. The second-order valence-electron chi connectivity index (χ2n) is 9.24. The fraction of sp³-hybridized carbons (Fsp3) is 0.357. The van der Waals surface area contributed by atoms with Crippen LogP contribution in [0.5, 0.6) is 0 Å². The van der Waals surface area contributed by atoms with Crippen LogP contribution in [-0.4, -0.2) is 66.1 Å². The van der Waals surface area contributed by atoms with Gasteiger partial charge in [-0.1, -0.05) is 36.4 Å². The van der Waals surface area contributed by atoms with Crippen LogP contribution in [0.15, 0.2) is 66.9 Å². The first-order valence-electron chi connectivity index (χ1n) is 12.0. The van der Waals surface area contributed by atoms with Gasteiger partial charge in [-0.05, 0) is 45.3 Å². The smallest absolute Gasteiger partial charge is 0.338 e. The van der Waals surface area contributed by atoms with E-state index in [2.05, 4.69) is 27.0 Å². The van der Waals surface area contributed by atoms with Gasteiger partial charge in [-0.2, -0.15) is 0 Å². The SMILES string of the molecule is C[C@H]1O[C@H](OCCc2nccc3c2[nH]c2ccccc23)C[C@@H](N(C)C)[C@@H]1OC(=O)c1ccccc1. The van der Waals surface area contributed by atoms with Gasteiger partial charge in [-0.15, -0.1) is 0 Å². The van der Waals surface area contributed by atoms with Gasteiger partial charge in [0, 0.05) is 35.3 Å². The Balaban J connectivity index is 1.23. The molecule has 1 fully saturated rings. The highest BCUT2D eigenvalue weighted by Crippen LogP contribution is 2.29. The van der Waals surface area contributed by atoms with Crippen molar-refractivity contribution < 1.29 is 19.0 Å². The van der Waals surface area contributed by atoms with Gasteiger partial charge in [0.1, 0.15) is 6.10 Å². The molecule has 7 heteroatoms. The van der Waals surface area contributed by atoms with Crippen LogP contribution in [0, 0.1) is 0 Å². The summed E-state index contributed by atoms with van der Waals surface area (Å²) in [6, 6.07) is 19.4. The van der Waals surface area contributed by atoms with Gasteiger partial charge < -0.3 is 24.1 Å². The third kappa shape index (κ3) is 4.93. The van der Waals surface area contributed by atoms with Crippen molar-refractivity contribution >= 4 is 27.8 Å². The van der Waals surface area contributed by atoms with E-state index in [0.717, 1.165) is 16.7 Å². The number of hydrogen-bond acceptors (Lipinski definition) is 6. The highest BCUT2D eigenvalue weighted by molar-refractivity contribution is 6.07. The average Bonchev–Trinajstić information content (AvgIpc) is 3.25. The maximum absolute atomic E-state index is 12.7. The summed E-state index contributed by atoms with van der Waals surface area (Å²) in [6.07, 6.45) is 2.05. The number of aromatic nitrogens is 2. The molecule has 0 radical (unpaired) electrons. The summed E-state index contributed by atoms with van der Waals surface area (Å²) < 4.78 is 18.2. The first kappa shape index (κ1) is 23.5. The zero-order valence-electron chi connectivity index (χ0n) is 20.3. The number of nitrogens with one attached hydrogen (secondary N) is 1. The number of esters is 1. The molecule has 1 aliphatic heterocycles. The Hall–Kier alpha value is -3.26. The van der Waals surface area contributed by atoms with Gasteiger partial charge in [0.2, 0.25) is 0 Å². The number of likely N-dealkylation sites (N-methyl/N-ethyl adjacent to an activating group) is 1. The van der Waals surface area contributed by atoms with Crippen LogP contribution >= 0.6 is 0 Å². The average molecular weight is 474 g/mol. The highest BCUT2D eigenvalue weighted by Gasteiger charge is 2.40. The number of para-hydroxylation sites is 1. The quantitative estimate of drug-likeness (QED) is 0.397. The molecule has 2 aromatic heterocycles. The molecule has 4 aromatic rings. The van der Waals surface area contributed by atoms with E-state index in [4.69, 9.17) is 14.2 Å². The van der Waals surface area contributed by atoms with E-state index >= 15 is 0 Å². The molecule has 2 aromatic carbocycles. The lowest BCUT2D eigenvalue weighted by Crippen LogP contribution is -2.55. The second kappa shape index (κ2) is 10.2. The Labute approximate surface area is 205 Å². The first-order valence-corrected chi connectivity index (χ1v) is 12.0. The van der Waals surface area contributed by atoms with Crippen LogP contribution in [0.25, 0.3) is 21.8 Å². The van der Waals surface area contributed by atoms with E-state index in [1.54, 1.807) is 12.1 Å². The molecule has 1 saturated heterocycles. The number of aromatic amines is 1. The Morgan fingerprint density at radius 2 is 1.86 bits per heavy atom. The van der Waals surface area contributed by atoms with Crippen molar-refractivity contribution in [1.82, 2.24) is 14.9 Å². The summed E-state index contributed by atoms with van der Waals surface area (Å²) in [5.74, 6) is -0.338. The number of carbonyl (C=O) groups is 1. The van der Waals surface area contributed by atoms with Crippen molar-refractivity contribution in [1.29, 1.82) is 0 Å². The van der Waals surface area contributed by atoms with Crippen LogP contribution in [0.4, 0.5) is 0 Å². The van der Waals surface area contributed by atoms with Crippen molar-refractivity contribution in [2.45, 2.75) is 44.3 Å². The summed E-state index contributed by atoms with van der Waals surface area (Å²) in [4.78, 5) is 22.8. The summed E-state index contributed by atoms with van der Waals surface area (Å²) in [6.45, 7) is 2.41. The summed E-state index contributed by atoms with van der Waals surface area (Å²) in [5, 5.41) is 2.37. The van der Waals surface area contributed by atoms with Crippen molar-refractivity contribution in [2.75, 3.05) is 20.7 Å². The van der Waals surface area contributed by atoms with Crippen LogP contribution < -0.4 is 0 Å². The van der Waals surface area contributed by atoms with Crippen LogP contribution in [0.3, 0.4) is 0 Å². The fourth-order valence-electron chi connectivity index (χ4n) is 4.88. The first-order chi connectivity index (χ1) is 17.0. The minimum absolute atomic E-state index is 0.0216. The van der Waals surface area contributed by atoms with E-state index in [1.165, 1.54) is 10.8 Å². The van der Waals surface area contributed by atoms with Gasteiger partial charge in [-0.3, -0.25) is 4.98 Å². The molecule has 1 aliphatic rings. The Morgan fingerprint density at radius 3 is 2.66 bits per heavy atom. The van der Waals surface area contributed by atoms with E-state index in [-0.39, 0.29) is 30.5 Å². The summed E-state index contributed by atoms with van der Waals surface area (Å²) in [5.41, 5.74) is 3.66. The molecule has 0 amide bonds. The number of ether oxygens (including phenoxy) is 3. The van der Waals surface area contributed by atoms with Gasteiger partial charge in [0.15, 0.2) is 6.29 Å². The number of H-pyrrole nitrogens is 1. The standard InChI is InChI=1S/C28H31N3O4/c1-18-27(35-28(32)19-9-5-4-6-10-19)24(31(2)3)17-25(34-18)33-16-14-23-26-21(13-15-29-23)20-11-7-8-12-22(20)30-26/h4-13,15,18,24-25,27,30H,14,16-17H2,1-3H3/t18-,24-,25+,27-/m1/s1. The van der Waals surface area contributed by atoms with Gasteiger partial charge >= 0.3 is 5.97 Å². The van der Waals surface area contributed by atoms with Crippen molar-refractivity contribution in [2.24, 2.45) is 0 Å². The lowest BCUT2D eigenvalue weighted by atomic mass is 9.98. The number of nitrogens with zero attached hydrogens (tertiary/aromatic N) is 2. The fourth-order valence-corrected chi connectivity index (χ4v) is 4.88. The number of carbonyl (C=O) groups excluding carboxylic acids is 1. The minimum atomic E-state index is -0.390. The highest BCUT2D eigenvalue weighted by atomic mass is 16.7. The second-order valence-corrected chi connectivity index (χ2v) is 9.24. The number of pyridine rings is 1. The van der Waals surface area contributed by atoms with Crippen molar-refractivity contribution in [3.8, 4) is 0 Å². The van der Waals surface area contributed by atoms with Crippen LogP contribution in [0.2, 0.25) is 0 Å². The molecule has 4 atom stereocenters. The molecule has 0 spiro atoms. The molecule has 3 heterocycles. The van der Waals surface area contributed by atoms with Gasteiger partial charge in [0.05, 0.1) is 35.5 Å². The summed E-state index contributed by atoms with van der Waals surface area (Å²) >= 11 is 0. The van der Waals surface area contributed by atoms with Crippen molar-refractivity contribution in [3.05, 3.63) is 78.1 Å². The Morgan fingerprint density at radius 1 is 1.09 bits per heavy atom. The largest absolute Gasteiger partial charge is 0.454 e. The third-order valence-corrected chi connectivity index (χ3v) is 6.71. The lowest BCUT2D eigenvalue weighted by molar-refractivity contribution is -0.233. The molecule has 0 aliphatic carbocycles. The molecule has 0 bridgehead atoms. The molecular weight excluding hydrogens is 442 g/mol. The Kier molecular flexibility index (Phi) is 6.81. The molecule has 0 saturated carbocycles. The van der Waals surface area contributed by atoms with Crippen LogP contribution in [0.1, 0.15) is 29.4 Å². The predicted octanol–water partition coefficient (Wildman–Crippen LogP) is 4.57. The number of fused-ring (bicyclic) bond motifs is 3. The Bertz CT molecular complexity index is 1300. The molecule has 1 N–H and O–H groups in total. The number of hydrogen-bond donors (Lipinski definition) is 1. The van der Waals surface area contributed by atoms with Gasteiger partial charge in [0.25, 0.3) is 0 Å². The molecule has 0 unspecified atom stereocenters. The van der Waals surface area contributed by atoms with Gasteiger partial charge in [-0.25, -0.2) is 4.79 Å². The maximum Gasteiger partial charge on any atom is 0.338 e. The number of rotatable bonds is 7. The normalized spacial score (nSPS) is 22.6. The zero-order valence-corrected chi connectivity index (χ0v) is 20.3. The molecule has 182 valence electrons. The number of benzene rings is 2. The van der Waals surface area contributed by atoms with Crippen LogP contribution in [-0.2, 0) is 20.6 Å². The lowest BCUT2D eigenvalue weighted by Gasteiger charge is -2.42. The third-order valence-electron chi connectivity index (χ3n) is 6.71. The van der Waals surface area contributed by atoms with E-state index < -0.39 is 0 Å². The van der Waals surface area contributed by atoms with E-state index in [9.17, 15) is 4.79 Å². The summed E-state index contributed by atoms with van der Waals surface area (Å²) in [7, 11) is 3.98. The molecule has 7 nitrogen and oxygen atoms in total. The predicted molar refractivity (Wildman–Crippen MR) is 135 cm³/mol. The van der Waals surface area contributed by atoms with Crippen molar-refractivity contribution in [3.63, 3.8) is 0 Å².